The van der Waals surface area contributed by atoms with Crippen molar-refractivity contribution in [1.29, 1.82) is 0 Å². The van der Waals surface area contributed by atoms with Crippen LogP contribution in [0.2, 0.25) is 0 Å². The first kappa shape index (κ1) is 19.9. The van der Waals surface area contributed by atoms with Crippen molar-refractivity contribution in [3.63, 3.8) is 0 Å². The van der Waals surface area contributed by atoms with Gasteiger partial charge in [-0.15, -0.1) is 0 Å². The van der Waals surface area contributed by atoms with E-state index in [0.29, 0.717) is 32.4 Å². The topological polar surface area (TPSA) is 60.9 Å². The lowest BCUT2D eigenvalue weighted by molar-refractivity contribution is -0.141. The van der Waals surface area contributed by atoms with E-state index >= 15 is 0 Å². The van der Waals surface area contributed by atoms with E-state index in [1.807, 2.05) is 11.9 Å². The van der Waals surface area contributed by atoms with Gasteiger partial charge >= 0.3 is 0 Å². The highest BCUT2D eigenvalue weighted by Gasteiger charge is 2.45. The minimum Gasteiger partial charge on any atom is -0.310 e. The summed E-state index contributed by atoms with van der Waals surface area (Å²) in [5.41, 5.74) is 1.04. The number of carbonyl (C=O) groups excluding carboxylic acids is 1. The molecule has 1 aliphatic carbocycles. The van der Waals surface area contributed by atoms with Crippen LogP contribution in [0.1, 0.15) is 51.9 Å². The van der Waals surface area contributed by atoms with Gasteiger partial charge in [0.15, 0.2) is 0 Å². The van der Waals surface area contributed by atoms with Crippen molar-refractivity contribution >= 4 is 16.2 Å². The number of fused-ring (bicyclic) bond motifs is 1. The predicted molar refractivity (Wildman–Crippen MR) is 95.6 cm³/mol. The molecule has 4 unspecified atom stereocenters. The Balaban J connectivity index is 1.82. The highest BCUT2D eigenvalue weighted by Crippen LogP contribution is 2.45. The number of carbonyl (C=O) groups is 1. The minimum absolute atomic E-state index is 0.0108. The maximum absolute atomic E-state index is 13.9. The van der Waals surface area contributed by atoms with E-state index in [-0.39, 0.29) is 24.8 Å². The number of hydrogen-bond donors (Lipinski definition) is 1. The van der Waals surface area contributed by atoms with Crippen LogP contribution in [-0.2, 0) is 15.9 Å². The second-order valence-electron chi connectivity index (χ2n) is 7.67. The smallest absolute Gasteiger partial charge is 0.262 e. The zero-order chi connectivity index (χ0) is 18.9. The number of alkyl halides is 2. The Kier molecular flexibility index (Phi) is 6.14. The first-order chi connectivity index (χ1) is 12.3. The number of allylic oxidation sites excluding steroid dienone is 2. The Bertz CT molecular complexity index is 599. The molecule has 2 heterocycles. The van der Waals surface area contributed by atoms with Gasteiger partial charge in [0.05, 0.1) is 6.54 Å². The van der Waals surface area contributed by atoms with E-state index < -0.39 is 28.0 Å². The van der Waals surface area contributed by atoms with E-state index in [1.165, 1.54) is 0 Å². The van der Waals surface area contributed by atoms with Crippen LogP contribution in [0.15, 0.2) is 11.8 Å². The average molecular weight is 390 g/mol. The molecule has 0 aromatic heterocycles. The summed E-state index contributed by atoms with van der Waals surface area (Å²) in [5, 5.41) is 3.19. The predicted octanol–water partition coefficient (Wildman–Crippen LogP) is 3.41. The van der Waals surface area contributed by atoms with Crippen molar-refractivity contribution in [1.82, 2.24) is 10.0 Å². The third-order valence-electron chi connectivity index (χ3n) is 6.09. The molecule has 0 spiro atoms. The average Bonchev–Trinajstić information content (AvgIpc) is 2.61. The van der Waals surface area contributed by atoms with Crippen LogP contribution < -0.4 is 0 Å². The van der Waals surface area contributed by atoms with E-state index in [0.717, 1.165) is 25.0 Å². The summed E-state index contributed by atoms with van der Waals surface area (Å²) in [4.78, 5) is 12.2. The van der Waals surface area contributed by atoms with Gasteiger partial charge in [0.2, 0.25) is 16.2 Å². The van der Waals surface area contributed by atoms with E-state index in [1.54, 1.807) is 5.01 Å². The number of hydrogen-bond acceptors (Lipinski definition) is 4. The maximum Gasteiger partial charge on any atom is 0.262 e. The van der Waals surface area contributed by atoms with Crippen LogP contribution in [0, 0.1) is 17.8 Å². The molecule has 5 nitrogen and oxygen atoms in total. The highest BCUT2D eigenvalue weighted by atomic mass is 32.2. The standard InChI is InChI=1S/C18H28F2N2O3S/c1-2-13(17(23)26(24)25)14-8-11-22(16-7-4-3-6-15(14)16)21-10-5-9-18(19,20)12-21/h7,13-15H,2-6,8-12H2,1H3,(H,24,25). The van der Waals surface area contributed by atoms with Gasteiger partial charge in [-0.25, -0.2) is 18.0 Å². The number of hydrazine groups is 1. The van der Waals surface area contributed by atoms with E-state index in [4.69, 9.17) is 0 Å². The molecule has 0 aromatic carbocycles. The summed E-state index contributed by atoms with van der Waals surface area (Å²) < 4.78 is 48.4. The quantitative estimate of drug-likeness (QED) is 0.746. The van der Waals surface area contributed by atoms with Gasteiger partial charge in [0.25, 0.3) is 5.92 Å². The molecule has 2 fully saturated rings. The van der Waals surface area contributed by atoms with E-state index in [2.05, 4.69) is 6.08 Å². The lowest BCUT2D eigenvalue weighted by atomic mass is 9.71. The second-order valence-corrected chi connectivity index (χ2v) is 8.57. The van der Waals surface area contributed by atoms with Crippen molar-refractivity contribution in [2.24, 2.45) is 17.8 Å². The summed E-state index contributed by atoms with van der Waals surface area (Å²) in [6, 6.07) is 0. The molecular formula is C18H28F2N2O3S. The number of halogens is 2. The van der Waals surface area contributed by atoms with Crippen LogP contribution in [0.25, 0.3) is 0 Å². The molecule has 8 heteroatoms. The van der Waals surface area contributed by atoms with Gasteiger partial charge in [-0.2, -0.15) is 0 Å². The zero-order valence-electron chi connectivity index (χ0n) is 15.2. The summed E-state index contributed by atoms with van der Waals surface area (Å²) >= 11 is -2.46. The Morgan fingerprint density at radius 2 is 2.15 bits per heavy atom. The Morgan fingerprint density at radius 3 is 2.81 bits per heavy atom. The van der Waals surface area contributed by atoms with Gasteiger partial charge in [-0.1, -0.05) is 13.0 Å². The molecule has 148 valence electrons. The number of nitrogens with zero attached hydrogens (tertiary/aromatic N) is 2. The van der Waals surface area contributed by atoms with Crippen molar-refractivity contribution in [2.75, 3.05) is 19.6 Å². The summed E-state index contributed by atoms with van der Waals surface area (Å²) in [7, 11) is 0. The molecule has 3 aliphatic rings. The third-order valence-corrected chi connectivity index (χ3v) is 6.73. The first-order valence-electron chi connectivity index (χ1n) is 9.59. The van der Waals surface area contributed by atoms with Crippen molar-refractivity contribution in [3.05, 3.63) is 11.8 Å². The second kappa shape index (κ2) is 8.02. The number of rotatable bonds is 4. The van der Waals surface area contributed by atoms with Crippen molar-refractivity contribution in [3.8, 4) is 0 Å². The van der Waals surface area contributed by atoms with Crippen LogP contribution in [-0.4, -0.2) is 49.5 Å². The number of piperidine rings is 2. The molecule has 0 bridgehead atoms. The molecule has 0 aromatic rings. The van der Waals surface area contributed by atoms with Gasteiger partial charge in [0.1, 0.15) is 0 Å². The zero-order valence-corrected chi connectivity index (χ0v) is 16.0. The fourth-order valence-corrected chi connectivity index (χ4v) is 5.53. The third kappa shape index (κ3) is 4.02. The Hall–Kier alpha value is -0.860. The molecule has 26 heavy (non-hydrogen) atoms. The molecular weight excluding hydrogens is 362 g/mol. The van der Waals surface area contributed by atoms with Crippen molar-refractivity contribution < 1.29 is 22.3 Å². The molecule has 2 saturated heterocycles. The summed E-state index contributed by atoms with van der Waals surface area (Å²) in [5.74, 6) is -2.99. The summed E-state index contributed by atoms with van der Waals surface area (Å²) in [6.07, 6.45) is 6.57. The fraction of sp³-hybridized carbons (Fsp3) is 0.833. The van der Waals surface area contributed by atoms with Gasteiger partial charge in [0, 0.05) is 37.0 Å². The normalized spacial score (nSPS) is 31.7. The lowest BCUT2D eigenvalue weighted by Crippen LogP contribution is -2.56. The summed E-state index contributed by atoms with van der Waals surface area (Å²) in [6.45, 7) is 2.84. The van der Waals surface area contributed by atoms with Crippen LogP contribution >= 0.6 is 0 Å². The minimum atomic E-state index is -2.66. The monoisotopic (exact) mass is 390 g/mol. The highest BCUT2D eigenvalue weighted by molar-refractivity contribution is 7.95. The van der Waals surface area contributed by atoms with Crippen molar-refractivity contribution in [2.45, 2.75) is 57.8 Å². The lowest BCUT2D eigenvalue weighted by Gasteiger charge is -2.51. The fourth-order valence-electron chi connectivity index (χ4n) is 4.93. The molecule has 0 saturated carbocycles. The SMILES string of the molecule is CCC(C(=O)S(=O)O)C1CCN(N2CCCC(F)(F)C2)C2=CCCCC21. The Morgan fingerprint density at radius 1 is 1.38 bits per heavy atom. The molecule has 4 atom stereocenters. The van der Waals surface area contributed by atoms with Crippen LogP contribution in [0.3, 0.4) is 0 Å². The van der Waals surface area contributed by atoms with Crippen LogP contribution in [0.5, 0.6) is 0 Å². The van der Waals surface area contributed by atoms with E-state index in [9.17, 15) is 22.3 Å². The first-order valence-corrected chi connectivity index (χ1v) is 10.7. The molecule has 2 aliphatic heterocycles. The van der Waals surface area contributed by atoms with Gasteiger partial charge in [-0.05, 0) is 44.4 Å². The maximum atomic E-state index is 13.9. The molecule has 1 N–H and O–H groups in total. The molecule has 0 amide bonds. The Labute approximate surface area is 156 Å². The van der Waals surface area contributed by atoms with Gasteiger partial charge in [-0.3, -0.25) is 4.79 Å². The molecule has 0 radical (unpaired) electrons. The largest absolute Gasteiger partial charge is 0.310 e. The van der Waals surface area contributed by atoms with Crippen LogP contribution in [0.4, 0.5) is 8.78 Å². The van der Waals surface area contributed by atoms with Gasteiger partial charge < -0.3 is 9.56 Å². The molecule has 3 rings (SSSR count).